The molecule has 0 aliphatic carbocycles. The van der Waals surface area contributed by atoms with Crippen LogP contribution in [0, 0.1) is 0 Å². The van der Waals surface area contributed by atoms with E-state index in [1.54, 1.807) is 0 Å². The molecule has 1 aromatic heterocycles. The molecule has 1 aromatic rings. The first-order chi connectivity index (χ1) is 5.23. The Morgan fingerprint density at radius 1 is 1.73 bits per heavy atom. The number of H-pyrrole nitrogens is 1. The number of hydrogen-bond donors (Lipinski definition) is 2. The third-order valence-electron chi connectivity index (χ3n) is 2.22. The van der Waals surface area contributed by atoms with Crippen LogP contribution in [-0.4, -0.2) is 21.7 Å². The van der Waals surface area contributed by atoms with Crippen molar-refractivity contribution in [1.82, 2.24) is 15.2 Å². The van der Waals surface area contributed by atoms with Crippen LogP contribution in [0.25, 0.3) is 0 Å². The van der Waals surface area contributed by atoms with Gasteiger partial charge in [-0.05, 0) is 6.42 Å². The van der Waals surface area contributed by atoms with Crippen LogP contribution in [0.1, 0.15) is 26.1 Å². The summed E-state index contributed by atoms with van der Waals surface area (Å²) >= 11 is 0. The van der Waals surface area contributed by atoms with Crippen LogP contribution < -0.4 is 5.73 Å². The molecule has 1 unspecified atom stereocenters. The summed E-state index contributed by atoms with van der Waals surface area (Å²) in [5.41, 5.74) is 5.58. The summed E-state index contributed by atoms with van der Waals surface area (Å²) in [5.74, 6) is 0.877. The number of nitrogens with one attached hydrogen (secondary N) is 1. The third kappa shape index (κ3) is 1.40. The minimum Gasteiger partial charge on any atom is -0.329 e. The van der Waals surface area contributed by atoms with Crippen LogP contribution >= 0.6 is 0 Å². The number of rotatable bonds is 3. The second-order valence-electron chi connectivity index (χ2n) is 2.95. The van der Waals surface area contributed by atoms with Gasteiger partial charge in [0.2, 0.25) is 0 Å². The summed E-state index contributed by atoms with van der Waals surface area (Å²) in [4.78, 5) is 4.08. The van der Waals surface area contributed by atoms with Crippen LogP contribution in [0.2, 0.25) is 0 Å². The van der Waals surface area contributed by atoms with Crippen LogP contribution in [-0.2, 0) is 5.41 Å². The predicted octanol–water partition coefficient (Wildman–Crippen LogP) is 0.431. The Balaban J connectivity index is 2.87. The van der Waals surface area contributed by atoms with Crippen molar-refractivity contribution >= 4 is 0 Å². The van der Waals surface area contributed by atoms with Gasteiger partial charge in [-0.1, -0.05) is 13.8 Å². The van der Waals surface area contributed by atoms with E-state index in [1.807, 2.05) is 0 Å². The number of hydrogen-bond acceptors (Lipinski definition) is 3. The van der Waals surface area contributed by atoms with Crippen LogP contribution in [0.4, 0.5) is 0 Å². The zero-order valence-corrected chi connectivity index (χ0v) is 6.96. The minimum absolute atomic E-state index is 0.0451. The first kappa shape index (κ1) is 8.20. The predicted molar refractivity (Wildman–Crippen MR) is 43.1 cm³/mol. The molecule has 1 rings (SSSR count). The number of aromatic nitrogens is 3. The van der Waals surface area contributed by atoms with E-state index in [9.17, 15) is 0 Å². The normalized spacial score (nSPS) is 16.3. The molecule has 0 amide bonds. The zero-order valence-electron chi connectivity index (χ0n) is 6.96. The average Bonchev–Trinajstić information content (AvgIpc) is 2.55. The van der Waals surface area contributed by atoms with Gasteiger partial charge in [0, 0.05) is 12.0 Å². The molecule has 4 nitrogen and oxygen atoms in total. The van der Waals surface area contributed by atoms with E-state index in [-0.39, 0.29) is 5.41 Å². The highest BCUT2D eigenvalue weighted by Gasteiger charge is 2.25. The summed E-state index contributed by atoms with van der Waals surface area (Å²) in [6.45, 7) is 4.77. The largest absolute Gasteiger partial charge is 0.329 e. The molecule has 0 bridgehead atoms. The van der Waals surface area contributed by atoms with Crippen molar-refractivity contribution in [3.63, 3.8) is 0 Å². The maximum Gasteiger partial charge on any atom is 0.137 e. The SMILES string of the molecule is CCC(C)(CN)c1ncn[nH]1. The van der Waals surface area contributed by atoms with Crippen molar-refractivity contribution in [2.24, 2.45) is 5.73 Å². The Morgan fingerprint density at radius 3 is 2.82 bits per heavy atom. The fraction of sp³-hybridized carbons (Fsp3) is 0.714. The van der Waals surface area contributed by atoms with Gasteiger partial charge in [0.1, 0.15) is 12.2 Å². The van der Waals surface area contributed by atoms with E-state index < -0.39 is 0 Å². The maximum absolute atomic E-state index is 5.62. The zero-order chi connectivity index (χ0) is 8.32. The first-order valence-corrected chi connectivity index (χ1v) is 3.79. The molecule has 0 aromatic carbocycles. The Hall–Kier alpha value is -0.900. The van der Waals surface area contributed by atoms with E-state index in [4.69, 9.17) is 5.73 Å². The highest BCUT2D eigenvalue weighted by atomic mass is 15.2. The van der Waals surface area contributed by atoms with Crippen molar-refractivity contribution in [1.29, 1.82) is 0 Å². The molecule has 0 aliphatic rings. The molecule has 0 fully saturated rings. The van der Waals surface area contributed by atoms with Gasteiger partial charge in [0.25, 0.3) is 0 Å². The van der Waals surface area contributed by atoms with Gasteiger partial charge >= 0.3 is 0 Å². The molecule has 0 radical (unpaired) electrons. The highest BCUT2D eigenvalue weighted by Crippen LogP contribution is 2.21. The standard InChI is InChI=1S/C7H14N4/c1-3-7(2,4-8)6-9-5-10-11-6/h5H,3-4,8H2,1-2H3,(H,9,10,11). The van der Waals surface area contributed by atoms with Crippen LogP contribution in [0.5, 0.6) is 0 Å². The van der Waals surface area contributed by atoms with E-state index in [1.165, 1.54) is 6.33 Å². The molecule has 4 heteroatoms. The quantitative estimate of drug-likeness (QED) is 0.663. The van der Waals surface area contributed by atoms with Gasteiger partial charge < -0.3 is 5.73 Å². The molecule has 0 aliphatic heterocycles. The van der Waals surface area contributed by atoms with Crippen molar-refractivity contribution in [2.75, 3.05) is 6.54 Å². The van der Waals surface area contributed by atoms with Gasteiger partial charge in [-0.15, -0.1) is 0 Å². The minimum atomic E-state index is -0.0451. The second-order valence-corrected chi connectivity index (χ2v) is 2.95. The van der Waals surface area contributed by atoms with Gasteiger partial charge in [0.05, 0.1) is 0 Å². The van der Waals surface area contributed by atoms with Gasteiger partial charge in [0.15, 0.2) is 0 Å². The molecule has 1 heterocycles. The molecule has 62 valence electrons. The molecule has 3 N–H and O–H groups in total. The Morgan fingerprint density at radius 2 is 2.45 bits per heavy atom. The van der Waals surface area contributed by atoms with Crippen molar-refractivity contribution in [3.05, 3.63) is 12.2 Å². The molecular formula is C7H14N4. The lowest BCUT2D eigenvalue weighted by atomic mass is 9.87. The van der Waals surface area contributed by atoms with E-state index in [2.05, 4.69) is 29.0 Å². The Kier molecular flexibility index (Phi) is 2.24. The number of nitrogens with zero attached hydrogens (tertiary/aromatic N) is 2. The summed E-state index contributed by atoms with van der Waals surface area (Å²) in [7, 11) is 0. The Bertz CT molecular complexity index is 200. The van der Waals surface area contributed by atoms with Gasteiger partial charge in [-0.25, -0.2) is 4.98 Å². The fourth-order valence-electron chi connectivity index (χ4n) is 0.905. The van der Waals surface area contributed by atoms with Gasteiger partial charge in [-0.3, -0.25) is 5.10 Å². The molecule has 0 saturated heterocycles. The smallest absolute Gasteiger partial charge is 0.137 e. The fourth-order valence-corrected chi connectivity index (χ4v) is 0.905. The van der Waals surface area contributed by atoms with E-state index in [0.29, 0.717) is 6.54 Å². The van der Waals surface area contributed by atoms with Crippen LogP contribution in [0.15, 0.2) is 6.33 Å². The number of nitrogens with two attached hydrogens (primary N) is 1. The van der Waals surface area contributed by atoms with E-state index >= 15 is 0 Å². The summed E-state index contributed by atoms with van der Waals surface area (Å²) in [6, 6.07) is 0. The van der Waals surface area contributed by atoms with E-state index in [0.717, 1.165) is 12.2 Å². The molecule has 11 heavy (non-hydrogen) atoms. The molecule has 1 atom stereocenters. The summed E-state index contributed by atoms with van der Waals surface area (Å²) in [6.07, 6.45) is 2.48. The summed E-state index contributed by atoms with van der Waals surface area (Å²) < 4.78 is 0. The van der Waals surface area contributed by atoms with Crippen molar-refractivity contribution in [2.45, 2.75) is 25.7 Å². The number of aromatic amines is 1. The highest BCUT2D eigenvalue weighted by molar-refractivity contribution is 5.03. The maximum atomic E-state index is 5.62. The third-order valence-corrected chi connectivity index (χ3v) is 2.22. The van der Waals surface area contributed by atoms with Crippen molar-refractivity contribution in [3.8, 4) is 0 Å². The first-order valence-electron chi connectivity index (χ1n) is 3.79. The van der Waals surface area contributed by atoms with Gasteiger partial charge in [-0.2, -0.15) is 5.10 Å². The molecule has 0 spiro atoms. The lowest BCUT2D eigenvalue weighted by molar-refractivity contribution is 0.439. The molecule has 0 saturated carbocycles. The Labute approximate surface area is 66.2 Å². The molecular weight excluding hydrogens is 140 g/mol. The summed E-state index contributed by atoms with van der Waals surface area (Å²) in [5, 5.41) is 6.63. The lowest BCUT2D eigenvalue weighted by Crippen LogP contribution is -2.32. The monoisotopic (exact) mass is 154 g/mol. The average molecular weight is 154 g/mol. The lowest BCUT2D eigenvalue weighted by Gasteiger charge is -2.22. The topological polar surface area (TPSA) is 67.6 Å². The second kappa shape index (κ2) is 3.00. The van der Waals surface area contributed by atoms with Crippen molar-refractivity contribution < 1.29 is 0 Å². The van der Waals surface area contributed by atoms with Crippen LogP contribution in [0.3, 0.4) is 0 Å².